The number of amides is 1. The van der Waals surface area contributed by atoms with Crippen LogP contribution >= 0.6 is 11.6 Å². The minimum Gasteiger partial charge on any atom is -0.497 e. The molecule has 0 spiro atoms. The lowest BCUT2D eigenvalue weighted by Gasteiger charge is -2.34. The topological polar surface area (TPSA) is 83.1 Å². The third-order valence-electron chi connectivity index (χ3n) is 8.95. The quantitative estimate of drug-likeness (QED) is 0.185. The highest BCUT2D eigenvalue weighted by Crippen LogP contribution is 2.38. The molecule has 258 valence electrons. The highest BCUT2D eigenvalue weighted by Gasteiger charge is 2.34. The van der Waals surface area contributed by atoms with Gasteiger partial charge in [0.1, 0.15) is 23.6 Å². The fourth-order valence-electron chi connectivity index (χ4n) is 6.22. The van der Waals surface area contributed by atoms with Crippen LogP contribution in [0.15, 0.2) is 67.0 Å². The monoisotopic (exact) mass is 694 g/mol. The van der Waals surface area contributed by atoms with Crippen LogP contribution in [0.3, 0.4) is 0 Å². The van der Waals surface area contributed by atoms with Gasteiger partial charge in [-0.3, -0.25) is 9.69 Å². The molecule has 0 aliphatic carbocycles. The van der Waals surface area contributed by atoms with Gasteiger partial charge in [-0.2, -0.15) is 13.2 Å². The molecule has 3 aromatic carbocycles. The Morgan fingerprint density at radius 1 is 0.939 bits per heavy atom. The summed E-state index contributed by atoms with van der Waals surface area (Å²) in [6.45, 7) is 7.66. The molecule has 13 heteroatoms. The number of nitrogens with zero attached hydrogens (tertiary/aromatic N) is 5. The maximum absolute atomic E-state index is 14.2. The molecule has 0 saturated carbocycles. The molecule has 2 aliphatic heterocycles. The van der Waals surface area contributed by atoms with E-state index in [-0.39, 0.29) is 34.1 Å². The number of carbonyl (C=O) groups is 1. The van der Waals surface area contributed by atoms with E-state index in [1.54, 1.807) is 7.11 Å². The van der Waals surface area contributed by atoms with E-state index in [4.69, 9.17) is 21.1 Å². The Morgan fingerprint density at radius 2 is 1.69 bits per heavy atom. The van der Waals surface area contributed by atoms with Gasteiger partial charge >= 0.3 is 6.18 Å². The van der Waals surface area contributed by atoms with Gasteiger partial charge in [-0.05, 0) is 73.0 Å². The first kappa shape index (κ1) is 34.5. The maximum atomic E-state index is 14.2. The third kappa shape index (κ3) is 8.26. The van der Waals surface area contributed by atoms with Gasteiger partial charge in [-0.1, -0.05) is 36.7 Å². The van der Waals surface area contributed by atoms with Gasteiger partial charge < -0.3 is 24.6 Å². The Kier molecular flexibility index (Phi) is 10.6. The lowest BCUT2D eigenvalue weighted by Crippen LogP contribution is -2.45. The first-order valence-corrected chi connectivity index (χ1v) is 16.6. The highest BCUT2D eigenvalue weighted by atomic mass is 35.5. The number of anilines is 2. The van der Waals surface area contributed by atoms with Gasteiger partial charge in [0.25, 0.3) is 5.91 Å². The van der Waals surface area contributed by atoms with Gasteiger partial charge in [0.05, 0.1) is 23.3 Å². The molecule has 3 heterocycles. The summed E-state index contributed by atoms with van der Waals surface area (Å²) < 4.78 is 53.9. The number of halogens is 4. The van der Waals surface area contributed by atoms with E-state index in [1.807, 2.05) is 29.2 Å². The maximum Gasteiger partial charge on any atom is 0.416 e. The lowest BCUT2D eigenvalue weighted by molar-refractivity contribution is -0.138. The first-order chi connectivity index (χ1) is 23.6. The fourth-order valence-corrected chi connectivity index (χ4v) is 6.37. The summed E-state index contributed by atoms with van der Waals surface area (Å²) in [6, 6.07) is 16.3. The summed E-state index contributed by atoms with van der Waals surface area (Å²) in [7, 11) is 1.63. The number of nitrogens with one attached hydrogen (secondary N) is 1. The smallest absolute Gasteiger partial charge is 0.416 e. The number of rotatable bonds is 10. The minimum absolute atomic E-state index is 0.0381. The average molecular weight is 695 g/mol. The van der Waals surface area contributed by atoms with Crippen LogP contribution < -0.4 is 19.7 Å². The van der Waals surface area contributed by atoms with E-state index in [2.05, 4.69) is 32.0 Å². The van der Waals surface area contributed by atoms with Crippen molar-refractivity contribution >= 4 is 29.0 Å². The number of likely N-dealkylation sites (N-methyl/N-ethyl adjacent to an activating group) is 1. The molecule has 1 aromatic heterocycles. The van der Waals surface area contributed by atoms with Crippen LogP contribution in [-0.2, 0) is 25.7 Å². The van der Waals surface area contributed by atoms with Gasteiger partial charge in [-0.25, -0.2) is 9.97 Å². The van der Waals surface area contributed by atoms with Crippen LogP contribution in [0.25, 0.3) is 0 Å². The summed E-state index contributed by atoms with van der Waals surface area (Å²) in [5.74, 6) is 1.45. The standard InChI is InChI=1S/C36H38ClF3N6O3/c1-3-44-15-17-45(18-16-44)22-26-8-10-27(20-30(26)36(38,39)40)43-34(47)25-9-13-31(37)32(19-25)49-35-29-5-4-14-46(33(29)41-23-42-35)21-24-6-11-28(48-2)12-7-24/h6-13,19-20,23H,3-5,14-18,21-22H2,1-2H3,(H,43,47). The Balaban J connectivity index is 1.17. The van der Waals surface area contributed by atoms with Crippen LogP contribution in [0.4, 0.5) is 24.7 Å². The molecule has 49 heavy (non-hydrogen) atoms. The number of alkyl halides is 3. The number of ether oxygens (including phenoxy) is 2. The molecule has 1 saturated heterocycles. The van der Waals surface area contributed by atoms with Crippen molar-refractivity contribution in [3.63, 3.8) is 0 Å². The van der Waals surface area contributed by atoms with Crippen LogP contribution in [0.1, 0.15) is 46.0 Å². The van der Waals surface area contributed by atoms with E-state index in [0.717, 1.165) is 61.4 Å². The van der Waals surface area contributed by atoms with Crippen molar-refractivity contribution in [2.45, 2.75) is 39.0 Å². The van der Waals surface area contributed by atoms with Crippen LogP contribution in [0.5, 0.6) is 17.4 Å². The summed E-state index contributed by atoms with van der Waals surface area (Å²) in [6.07, 6.45) is -1.60. The fraction of sp³-hybridized carbons (Fsp3) is 0.361. The number of carbonyl (C=O) groups excluding carboxylic acids is 1. The number of hydrogen-bond donors (Lipinski definition) is 1. The van der Waals surface area contributed by atoms with Crippen molar-refractivity contribution < 1.29 is 27.4 Å². The third-order valence-corrected chi connectivity index (χ3v) is 9.26. The van der Waals surface area contributed by atoms with Gasteiger partial charge in [0.15, 0.2) is 0 Å². The number of benzene rings is 3. The predicted molar refractivity (Wildman–Crippen MR) is 183 cm³/mol. The molecule has 4 aromatic rings. The van der Waals surface area contributed by atoms with Gasteiger partial charge in [-0.15, -0.1) is 0 Å². The Morgan fingerprint density at radius 3 is 2.41 bits per heavy atom. The Labute approximate surface area is 288 Å². The van der Waals surface area contributed by atoms with Crippen LogP contribution in [0, 0.1) is 0 Å². The zero-order valence-corrected chi connectivity index (χ0v) is 28.2. The Hall–Kier alpha value is -4.39. The highest BCUT2D eigenvalue weighted by molar-refractivity contribution is 6.32. The molecule has 1 fully saturated rings. The largest absolute Gasteiger partial charge is 0.497 e. The zero-order chi connectivity index (χ0) is 34.5. The number of hydrogen-bond acceptors (Lipinski definition) is 8. The number of aromatic nitrogens is 2. The molecule has 0 radical (unpaired) electrons. The second-order valence-electron chi connectivity index (χ2n) is 12.1. The zero-order valence-electron chi connectivity index (χ0n) is 27.4. The van der Waals surface area contributed by atoms with Crippen molar-refractivity contribution in [1.29, 1.82) is 0 Å². The SMILES string of the molecule is CCN1CCN(Cc2ccc(NC(=O)c3ccc(Cl)c(Oc4ncnc5c4CCCN5Cc4ccc(OC)cc4)c3)cc2C(F)(F)F)CC1. The van der Waals surface area contributed by atoms with Crippen molar-refractivity contribution in [2.75, 3.05) is 56.6 Å². The van der Waals surface area contributed by atoms with Crippen molar-refractivity contribution in [3.8, 4) is 17.4 Å². The number of piperazine rings is 1. The molecule has 6 rings (SSSR count). The van der Waals surface area contributed by atoms with Gasteiger partial charge in [0.2, 0.25) is 5.88 Å². The normalized spacial score (nSPS) is 15.5. The lowest BCUT2D eigenvalue weighted by atomic mass is 10.0. The average Bonchev–Trinajstić information content (AvgIpc) is 3.10. The first-order valence-electron chi connectivity index (χ1n) is 16.3. The molecule has 1 N–H and O–H groups in total. The summed E-state index contributed by atoms with van der Waals surface area (Å²) in [5, 5.41) is 2.86. The Bertz CT molecular complexity index is 1780. The number of methoxy groups -OCH3 is 1. The van der Waals surface area contributed by atoms with E-state index in [1.165, 1.54) is 36.7 Å². The summed E-state index contributed by atoms with van der Waals surface area (Å²) in [5.41, 5.74) is 1.52. The van der Waals surface area contributed by atoms with Gasteiger partial charge in [0, 0.05) is 57.1 Å². The molecular weight excluding hydrogens is 657 g/mol. The molecule has 0 unspecified atom stereocenters. The second-order valence-corrected chi connectivity index (χ2v) is 12.5. The van der Waals surface area contributed by atoms with Crippen LogP contribution in [0.2, 0.25) is 5.02 Å². The van der Waals surface area contributed by atoms with E-state index >= 15 is 0 Å². The van der Waals surface area contributed by atoms with Crippen molar-refractivity contribution in [1.82, 2.24) is 19.8 Å². The molecule has 1 amide bonds. The molecule has 0 atom stereocenters. The van der Waals surface area contributed by atoms with E-state index < -0.39 is 17.6 Å². The molecule has 2 aliphatic rings. The molecular formula is C36H38ClF3N6O3. The van der Waals surface area contributed by atoms with E-state index in [9.17, 15) is 18.0 Å². The number of fused-ring (bicyclic) bond motifs is 1. The molecule has 0 bridgehead atoms. The van der Waals surface area contributed by atoms with Crippen molar-refractivity contribution in [3.05, 3.63) is 99.8 Å². The second kappa shape index (κ2) is 15.0. The van der Waals surface area contributed by atoms with E-state index in [0.29, 0.717) is 31.9 Å². The molecule has 9 nitrogen and oxygen atoms in total. The van der Waals surface area contributed by atoms with Crippen LogP contribution in [-0.4, -0.2) is 72.1 Å². The summed E-state index contributed by atoms with van der Waals surface area (Å²) >= 11 is 6.49. The van der Waals surface area contributed by atoms with Crippen molar-refractivity contribution in [2.24, 2.45) is 0 Å². The summed E-state index contributed by atoms with van der Waals surface area (Å²) in [4.78, 5) is 28.7. The minimum atomic E-state index is -4.58. The predicted octanol–water partition coefficient (Wildman–Crippen LogP) is 7.29.